The molecule has 1 aromatic carbocycles. The van der Waals surface area contributed by atoms with Crippen LogP contribution in [0.5, 0.6) is 0 Å². The quantitative estimate of drug-likeness (QED) is 0.825. The van der Waals surface area contributed by atoms with Gasteiger partial charge in [-0.2, -0.15) is 13.2 Å². The van der Waals surface area contributed by atoms with Crippen molar-refractivity contribution in [1.82, 2.24) is 9.62 Å². The Morgan fingerprint density at radius 1 is 1.24 bits per heavy atom. The predicted octanol–water partition coefficient (Wildman–Crippen LogP) is 2.75. The molecule has 10 heteroatoms. The van der Waals surface area contributed by atoms with Crippen molar-refractivity contribution in [2.24, 2.45) is 0 Å². The highest BCUT2D eigenvalue weighted by Crippen LogP contribution is 2.33. The zero-order valence-electron chi connectivity index (χ0n) is 13.9. The summed E-state index contributed by atoms with van der Waals surface area (Å²) in [6.07, 6.45) is -4.65. The van der Waals surface area contributed by atoms with Crippen molar-refractivity contribution in [3.63, 3.8) is 0 Å². The van der Waals surface area contributed by atoms with E-state index in [1.165, 1.54) is 0 Å². The van der Waals surface area contributed by atoms with E-state index in [1.807, 2.05) is 13.8 Å². The molecule has 1 saturated heterocycles. The predicted molar refractivity (Wildman–Crippen MR) is 88.1 cm³/mol. The molecule has 25 heavy (non-hydrogen) atoms. The molecule has 0 aliphatic carbocycles. The van der Waals surface area contributed by atoms with Gasteiger partial charge in [0.2, 0.25) is 10.0 Å². The van der Waals surface area contributed by atoms with Crippen LogP contribution in [0, 0.1) is 0 Å². The third-order valence-corrected chi connectivity index (χ3v) is 5.99. The molecule has 1 aliphatic heterocycles. The lowest BCUT2D eigenvalue weighted by molar-refractivity contribution is -0.137. The van der Waals surface area contributed by atoms with Gasteiger partial charge in [0.1, 0.15) is 4.90 Å². The molecule has 1 fully saturated rings. The Balaban J connectivity index is 2.19. The Morgan fingerprint density at radius 2 is 1.84 bits per heavy atom. The van der Waals surface area contributed by atoms with E-state index in [1.54, 1.807) is 0 Å². The van der Waals surface area contributed by atoms with E-state index in [0.29, 0.717) is 32.4 Å². The highest BCUT2D eigenvalue weighted by atomic mass is 35.5. The van der Waals surface area contributed by atoms with Crippen LogP contribution in [0.2, 0.25) is 5.02 Å². The van der Waals surface area contributed by atoms with Crippen molar-refractivity contribution in [3.8, 4) is 0 Å². The number of ether oxygens (including phenoxy) is 1. The zero-order valence-corrected chi connectivity index (χ0v) is 15.4. The normalized spacial score (nSPS) is 17.7. The first kappa shape index (κ1) is 20.4. The van der Waals surface area contributed by atoms with Crippen LogP contribution in [-0.4, -0.2) is 51.7 Å². The van der Waals surface area contributed by atoms with Gasteiger partial charge < -0.3 is 4.74 Å². The highest BCUT2D eigenvalue weighted by molar-refractivity contribution is 7.89. The summed E-state index contributed by atoms with van der Waals surface area (Å²) in [6, 6.07) is 2.23. The minimum atomic E-state index is -4.65. The fraction of sp³-hybridized carbons (Fsp3) is 0.600. The number of alkyl halides is 3. The number of halogens is 4. The number of morpholine rings is 1. The third-order valence-electron chi connectivity index (χ3n) is 4.11. The number of nitrogens with one attached hydrogen (secondary N) is 1. The van der Waals surface area contributed by atoms with Crippen molar-refractivity contribution >= 4 is 21.6 Å². The standard InChI is InChI=1S/C15H20ClF3N2O3S/c1-14(2,21-5-7-24-8-6-21)10-20-25(22,23)13-9-11(15(17,18)19)3-4-12(13)16/h3-4,9,20H,5-8,10H2,1-2H3. The fourth-order valence-corrected chi connectivity index (χ4v) is 4.24. The first-order chi connectivity index (χ1) is 11.4. The summed E-state index contributed by atoms with van der Waals surface area (Å²) in [6.45, 7) is 6.15. The van der Waals surface area contributed by atoms with Crippen molar-refractivity contribution in [1.29, 1.82) is 0 Å². The van der Waals surface area contributed by atoms with Crippen molar-refractivity contribution in [2.45, 2.75) is 30.5 Å². The van der Waals surface area contributed by atoms with Crippen molar-refractivity contribution in [2.75, 3.05) is 32.8 Å². The van der Waals surface area contributed by atoms with E-state index in [0.717, 1.165) is 12.1 Å². The molecule has 1 aromatic rings. The zero-order chi connectivity index (χ0) is 18.9. The lowest BCUT2D eigenvalue weighted by Gasteiger charge is -2.40. The van der Waals surface area contributed by atoms with E-state index < -0.39 is 32.2 Å². The second kappa shape index (κ2) is 7.40. The average molecular weight is 401 g/mol. The van der Waals surface area contributed by atoms with Crippen molar-refractivity contribution in [3.05, 3.63) is 28.8 Å². The topological polar surface area (TPSA) is 58.6 Å². The smallest absolute Gasteiger partial charge is 0.379 e. The van der Waals surface area contributed by atoms with E-state index in [4.69, 9.17) is 16.3 Å². The minimum Gasteiger partial charge on any atom is -0.379 e. The number of hydrogen-bond donors (Lipinski definition) is 1. The van der Waals surface area contributed by atoms with Crippen LogP contribution in [0.4, 0.5) is 13.2 Å². The maximum atomic E-state index is 12.8. The Hall–Kier alpha value is -0.870. The number of hydrogen-bond acceptors (Lipinski definition) is 4. The van der Waals surface area contributed by atoms with Gasteiger partial charge in [-0.25, -0.2) is 13.1 Å². The van der Waals surface area contributed by atoms with Crippen LogP contribution < -0.4 is 4.72 Å². The molecule has 2 rings (SSSR count). The van der Waals surface area contributed by atoms with E-state index in [2.05, 4.69) is 9.62 Å². The van der Waals surface area contributed by atoms with Crippen LogP contribution in [-0.2, 0) is 20.9 Å². The molecule has 0 saturated carbocycles. The van der Waals surface area contributed by atoms with Gasteiger partial charge >= 0.3 is 6.18 Å². The molecular weight excluding hydrogens is 381 g/mol. The molecule has 0 aromatic heterocycles. The number of rotatable bonds is 5. The maximum absolute atomic E-state index is 12.8. The molecule has 5 nitrogen and oxygen atoms in total. The molecular formula is C15H20ClF3N2O3S. The second-order valence-electron chi connectivity index (χ2n) is 6.38. The SMILES string of the molecule is CC(C)(CNS(=O)(=O)c1cc(C(F)(F)F)ccc1Cl)N1CCOCC1. The second-order valence-corrected chi connectivity index (χ2v) is 8.52. The fourth-order valence-electron chi connectivity index (χ4n) is 2.52. The monoisotopic (exact) mass is 400 g/mol. The number of nitrogens with zero attached hydrogens (tertiary/aromatic N) is 1. The van der Waals surface area contributed by atoms with Gasteiger partial charge in [0, 0.05) is 25.2 Å². The Morgan fingerprint density at radius 3 is 2.40 bits per heavy atom. The summed E-state index contributed by atoms with van der Waals surface area (Å²) in [5.41, 5.74) is -1.59. The summed E-state index contributed by atoms with van der Waals surface area (Å²) in [4.78, 5) is 1.48. The van der Waals surface area contributed by atoms with Crippen LogP contribution in [0.3, 0.4) is 0 Å². The van der Waals surface area contributed by atoms with Crippen LogP contribution >= 0.6 is 11.6 Å². The van der Waals surface area contributed by atoms with Gasteiger partial charge in [-0.3, -0.25) is 4.90 Å². The summed E-state index contributed by atoms with van der Waals surface area (Å²) >= 11 is 5.82. The maximum Gasteiger partial charge on any atom is 0.416 e. The number of sulfonamides is 1. The number of benzene rings is 1. The van der Waals surface area contributed by atoms with Gasteiger partial charge in [0.05, 0.1) is 23.8 Å². The Labute approximate surface area is 150 Å². The molecule has 0 unspecified atom stereocenters. The average Bonchev–Trinajstić information content (AvgIpc) is 2.53. The summed E-state index contributed by atoms with van der Waals surface area (Å²) < 4.78 is 71.0. The first-order valence-corrected chi connectivity index (χ1v) is 9.49. The molecule has 1 heterocycles. The van der Waals surface area contributed by atoms with E-state index in [9.17, 15) is 21.6 Å². The molecule has 1 N–H and O–H groups in total. The van der Waals surface area contributed by atoms with E-state index in [-0.39, 0.29) is 11.6 Å². The highest BCUT2D eigenvalue weighted by Gasteiger charge is 2.34. The lowest BCUT2D eigenvalue weighted by Crippen LogP contribution is -2.55. The van der Waals surface area contributed by atoms with Crippen LogP contribution in [0.25, 0.3) is 0 Å². The van der Waals surface area contributed by atoms with E-state index >= 15 is 0 Å². The van der Waals surface area contributed by atoms with Gasteiger partial charge in [-0.15, -0.1) is 0 Å². The first-order valence-electron chi connectivity index (χ1n) is 7.63. The lowest BCUT2D eigenvalue weighted by atomic mass is 10.0. The molecule has 142 valence electrons. The molecule has 0 bridgehead atoms. The summed E-state index contributed by atoms with van der Waals surface area (Å²) in [5.74, 6) is 0. The van der Waals surface area contributed by atoms with Crippen LogP contribution in [0.1, 0.15) is 19.4 Å². The molecule has 0 radical (unpaired) electrons. The molecule has 0 atom stereocenters. The Bertz CT molecular complexity index is 717. The summed E-state index contributed by atoms with van der Waals surface area (Å²) in [5, 5.41) is -0.260. The largest absolute Gasteiger partial charge is 0.416 e. The molecule has 0 spiro atoms. The van der Waals surface area contributed by atoms with Gasteiger partial charge in [0.15, 0.2) is 0 Å². The molecule has 1 aliphatic rings. The minimum absolute atomic E-state index is 0.0297. The molecule has 0 amide bonds. The van der Waals surface area contributed by atoms with Gasteiger partial charge in [-0.1, -0.05) is 11.6 Å². The third kappa shape index (κ3) is 5.07. The van der Waals surface area contributed by atoms with Gasteiger partial charge in [-0.05, 0) is 32.0 Å². The van der Waals surface area contributed by atoms with Gasteiger partial charge in [0.25, 0.3) is 0 Å². The van der Waals surface area contributed by atoms with Crippen LogP contribution in [0.15, 0.2) is 23.1 Å². The van der Waals surface area contributed by atoms with Crippen molar-refractivity contribution < 1.29 is 26.3 Å². The summed E-state index contributed by atoms with van der Waals surface area (Å²) in [7, 11) is -4.19. The Kier molecular flexibility index (Phi) is 6.05.